The second kappa shape index (κ2) is 9.60. The molecule has 31 heavy (non-hydrogen) atoms. The van der Waals surface area contributed by atoms with Gasteiger partial charge in [0, 0.05) is 31.8 Å². The minimum atomic E-state index is 0.0299. The number of benzene rings is 2. The van der Waals surface area contributed by atoms with Crippen molar-refractivity contribution in [1.82, 2.24) is 15.1 Å². The van der Waals surface area contributed by atoms with Gasteiger partial charge in [-0.25, -0.2) is 0 Å². The molecule has 0 N–H and O–H groups in total. The van der Waals surface area contributed by atoms with Crippen molar-refractivity contribution in [2.24, 2.45) is 10.2 Å². The van der Waals surface area contributed by atoms with E-state index >= 15 is 0 Å². The number of rotatable bonds is 6. The van der Waals surface area contributed by atoms with Crippen molar-refractivity contribution < 1.29 is 4.79 Å². The van der Waals surface area contributed by atoms with Crippen LogP contribution in [0.2, 0.25) is 0 Å². The predicted molar refractivity (Wildman–Crippen MR) is 120 cm³/mol. The fraction of sp³-hybridized carbons (Fsp3) is 0.320. The first-order valence-electron chi connectivity index (χ1n) is 10.7. The predicted octanol–water partition coefficient (Wildman–Crippen LogP) is 5.08. The zero-order valence-electron chi connectivity index (χ0n) is 18.0. The Morgan fingerprint density at radius 1 is 1.00 bits per heavy atom. The summed E-state index contributed by atoms with van der Waals surface area (Å²) in [6.45, 7) is 5.12. The number of carbonyl (C=O) groups is 1. The van der Waals surface area contributed by atoms with Gasteiger partial charge in [-0.1, -0.05) is 60.7 Å². The molecule has 1 aliphatic rings. The van der Waals surface area contributed by atoms with E-state index in [1.54, 1.807) is 0 Å². The molecule has 0 spiro atoms. The fourth-order valence-electron chi connectivity index (χ4n) is 3.86. The first-order valence-corrected chi connectivity index (χ1v) is 10.7. The quantitative estimate of drug-likeness (QED) is 0.529. The fourth-order valence-corrected chi connectivity index (χ4v) is 3.86. The van der Waals surface area contributed by atoms with Crippen LogP contribution >= 0.6 is 0 Å². The molecule has 0 saturated heterocycles. The number of fused-ring (bicyclic) bond motifs is 1. The lowest BCUT2D eigenvalue weighted by molar-refractivity contribution is -0.132. The standard InChI is InChI=1S/C25H27N5O/c1-18(2)26-28-24-15-21-17-30(14-13-23(21)27-29-24)25(31)16-22(19-9-5-3-6-10-19)20-11-7-4-8-12-20/h3-12,15,18,22H,13-14,16-17H2,1-2H3. The molecule has 0 radical (unpaired) electrons. The molecule has 158 valence electrons. The van der Waals surface area contributed by atoms with Crippen molar-refractivity contribution in [1.29, 1.82) is 0 Å². The van der Waals surface area contributed by atoms with Crippen molar-refractivity contribution >= 4 is 11.7 Å². The van der Waals surface area contributed by atoms with Crippen LogP contribution in [0.15, 0.2) is 77.0 Å². The highest BCUT2D eigenvalue weighted by Gasteiger charge is 2.26. The molecule has 0 aliphatic carbocycles. The highest BCUT2D eigenvalue weighted by molar-refractivity contribution is 5.78. The smallest absolute Gasteiger partial charge is 0.223 e. The number of carbonyl (C=O) groups excluding carboxylic acids is 1. The molecule has 2 aromatic carbocycles. The zero-order valence-corrected chi connectivity index (χ0v) is 18.0. The molecular formula is C25H27N5O. The normalized spacial score (nSPS) is 13.7. The van der Waals surface area contributed by atoms with E-state index in [2.05, 4.69) is 44.7 Å². The summed E-state index contributed by atoms with van der Waals surface area (Å²) in [7, 11) is 0. The number of hydrogen-bond acceptors (Lipinski definition) is 5. The van der Waals surface area contributed by atoms with E-state index in [-0.39, 0.29) is 17.9 Å². The van der Waals surface area contributed by atoms with Gasteiger partial charge in [-0.2, -0.15) is 10.2 Å². The second-order valence-corrected chi connectivity index (χ2v) is 8.13. The van der Waals surface area contributed by atoms with Gasteiger partial charge >= 0.3 is 0 Å². The first-order chi connectivity index (χ1) is 15.1. The number of amides is 1. The maximum atomic E-state index is 13.3. The third-order valence-electron chi connectivity index (χ3n) is 5.45. The zero-order chi connectivity index (χ0) is 21.6. The SMILES string of the molecule is CC(C)N=Nc1cc2c(nn1)CCN(C(=O)CC(c1ccccc1)c1ccccc1)C2. The van der Waals surface area contributed by atoms with Crippen LogP contribution in [0, 0.1) is 0 Å². The molecule has 0 unspecified atom stereocenters. The van der Waals surface area contributed by atoms with Gasteiger partial charge in [0.15, 0.2) is 5.82 Å². The molecule has 4 rings (SSSR count). The van der Waals surface area contributed by atoms with Crippen LogP contribution in [0.5, 0.6) is 0 Å². The molecule has 6 heteroatoms. The molecule has 0 bridgehead atoms. The van der Waals surface area contributed by atoms with Crippen LogP contribution in [-0.4, -0.2) is 33.6 Å². The van der Waals surface area contributed by atoms with E-state index in [4.69, 9.17) is 0 Å². The van der Waals surface area contributed by atoms with Crippen LogP contribution in [0.25, 0.3) is 0 Å². The summed E-state index contributed by atoms with van der Waals surface area (Å²) in [5, 5.41) is 16.8. The Hall–Kier alpha value is -3.41. The highest BCUT2D eigenvalue weighted by Crippen LogP contribution is 2.30. The van der Waals surface area contributed by atoms with Gasteiger partial charge in [-0.3, -0.25) is 4.79 Å². The maximum Gasteiger partial charge on any atom is 0.223 e. The summed E-state index contributed by atoms with van der Waals surface area (Å²) in [5.41, 5.74) is 4.25. The molecule has 1 amide bonds. The van der Waals surface area contributed by atoms with Gasteiger partial charge < -0.3 is 4.90 Å². The average Bonchev–Trinajstić information content (AvgIpc) is 2.81. The minimum absolute atomic E-state index is 0.0299. The van der Waals surface area contributed by atoms with Crippen LogP contribution in [0.3, 0.4) is 0 Å². The number of hydrogen-bond donors (Lipinski definition) is 0. The minimum Gasteiger partial charge on any atom is -0.338 e. The summed E-state index contributed by atoms with van der Waals surface area (Å²) in [4.78, 5) is 15.2. The Kier molecular flexibility index (Phi) is 6.46. The Labute approximate surface area is 183 Å². The Bertz CT molecular complexity index is 1010. The lowest BCUT2D eigenvalue weighted by Gasteiger charge is -2.29. The van der Waals surface area contributed by atoms with E-state index in [0.29, 0.717) is 31.7 Å². The molecule has 0 fully saturated rings. The van der Waals surface area contributed by atoms with Crippen molar-refractivity contribution in [3.8, 4) is 0 Å². The van der Waals surface area contributed by atoms with Gasteiger partial charge in [-0.15, -0.1) is 10.2 Å². The van der Waals surface area contributed by atoms with Crippen molar-refractivity contribution in [3.63, 3.8) is 0 Å². The summed E-state index contributed by atoms with van der Waals surface area (Å²) in [5.74, 6) is 0.668. The van der Waals surface area contributed by atoms with E-state index < -0.39 is 0 Å². The second-order valence-electron chi connectivity index (χ2n) is 8.13. The van der Waals surface area contributed by atoms with Crippen molar-refractivity contribution in [2.45, 2.75) is 45.2 Å². The molecule has 1 aromatic heterocycles. The molecule has 0 atom stereocenters. The molecule has 1 aliphatic heterocycles. The molecule has 0 saturated carbocycles. The lowest BCUT2D eigenvalue weighted by Crippen LogP contribution is -2.37. The highest BCUT2D eigenvalue weighted by atomic mass is 16.2. The molecule has 3 aromatic rings. The van der Waals surface area contributed by atoms with E-state index in [0.717, 1.165) is 22.4 Å². The number of azo groups is 1. The third kappa shape index (κ3) is 5.20. The summed E-state index contributed by atoms with van der Waals surface area (Å²) < 4.78 is 0. The molecular weight excluding hydrogens is 386 g/mol. The number of aromatic nitrogens is 2. The van der Waals surface area contributed by atoms with Gasteiger partial charge in [-0.05, 0) is 36.6 Å². The van der Waals surface area contributed by atoms with Crippen molar-refractivity contribution in [3.05, 3.63) is 89.1 Å². The van der Waals surface area contributed by atoms with Gasteiger partial charge in [0.2, 0.25) is 5.91 Å². The summed E-state index contributed by atoms with van der Waals surface area (Å²) in [6, 6.07) is 22.5. The Morgan fingerprint density at radius 3 is 2.26 bits per heavy atom. The Balaban J connectivity index is 1.52. The summed E-state index contributed by atoms with van der Waals surface area (Å²) >= 11 is 0. The topological polar surface area (TPSA) is 70.8 Å². The monoisotopic (exact) mass is 413 g/mol. The van der Waals surface area contributed by atoms with Crippen LogP contribution in [0.1, 0.15) is 48.6 Å². The lowest BCUT2D eigenvalue weighted by atomic mass is 9.88. The van der Waals surface area contributed by atoms with E-state index in [9.17, 15) is 4.79 Å². The Morgan fingerprint density at radius 2 is 1.65 bits per heavy atom. The van der Waals surface area contributed by atoms with E-state index in [1.807, 2.05) is 61.2 Å². The average molecular weight is 414 g/mol. The van der Waals surface area contributed by atoms with Gasteiger partial charge in [0.25, 0.3) is 0 Å². The maximum absolute atomic E-state index is 13.3. The largest absolute Gasteiger partial charge is 0.338 e. The molecule has 6 nitrogen and oxygen atoms in total. The number of nitrogens with zero attached hydrogens (tertiary/aromatic N) is 5. The molecule has 2 heterocycles. The van der Waals surface area contributed by atoms with E-state index in [1.165, 1.54) is 0 Å². The third-order valence-corrected chi connectivity index (χ3v) is 5.45. The summed E-state index contributed by atoms with van der Waals surface area (Å²) in [6.07, 6.45) is 1.14. The van der Waals surface area contributed by atoms with Crippen molar-refractivity contribution in [2.75, 3.05) is 6.54 Å². The van der Waals surface area contributed by atoms with Crippen LogP contribution in [-0.2, 0) is 17.8 Å². The van der Waals surface area contributed by atoms with Gasteiger partial charge in [0.05, 0.1) is 11.7 Å². The van der Waals surface area contributed by atoms with Crippen LogP contribution < -0.4 is 0 Å². The first kappa shape index (κ1) is 20.8. The van der Waals surface area contributed by atoms with Gasteiger partial charge in [0.1, 0.15) is 0 Å². The van der Waals surface area contributed by atoms with Crippen LogP contribution in [0.4, 0.5) is 5.82 Å².